The first-order chi connectivity index (χ1) is 12.0. The Morgan fingerprint density at radius 2 is 1.85 bits per heavy atom. The Kier molecular flexibility index (Phi) is 6.62. The van der Waals surface area contributed by atoms with Crippen LogP contribution in [0.4, 0.5) is 10.1 Å². The van der Waals surface area contributed by atoms with Crippen molar-refractivity contribution in [2.45, 2.75) is 26.9 Å². The number of fused-ring (bicyclic) bond motifs is 1. The molecule has 0 spiro atoms. The van der Waals surface area contributed by atoms with Crippen molar-refractivity contribution in [1.82, 2.24) is 9.55 Å². The number of anilines is 1. The summed E-state index contributed by atoms with van der Waals surface area (Å²) in [6.45, 7) is 6.39. The standard InChI is InChI=1S/C20H24FN3O.ClH/c1-14-15(2)24(11-12-25-4)20-18(14)9-10-22-19(20)13-23(3)17-7-5-16(21)6-8-17;/h5-10H,11-13H2,1-4H3;1H. The lowest BCUT2D eigenvalue weighted by molar-refractivity contribution is 0.188. The van der Waals surface area contributed by atoms with Gasteiger partial charge in [0.1, 0.15) is 5.82 Å². The number of hydrogen-bond donors (Lipinski definition) is 0. The van der Waals surface area contributed by atoms with E-state index in [0.29, 0.717) is 13.2 Å². The third-order valence-electron chi connectivity index (χ3n) is 4.79. The van der Waals surface area contributed by atoms with E-state index in [9.17, 15) is 4.39 Å². The van der Waals surface area contributed by atoms with Crippen molar-refractivity contribution < 1.29 is 9.13 Å². The van der Waals surface area contributed by atoms with Gasteiger partial charge in [-0.25, -0.2) is 4.39 Å². The third-order valence-corrected chi connectivity index (χ3v) is 4.79. The van der Waals surface area contributed by atoms with Crippen molar-refractivity contribution in [1.29, 1.82) is 0 Å². The molecule has 0 N–H and O–H groups in total. The molecule has 3 rings (SSSR count). The van der Waals surface area contributed by atoms with Crippen molar-refractivity contribution in [2.75, 3.05) is 25.7 Å². The molecule has 0 fully saturated rings. The fourth-order valence-electron chi connectivity index (χ4n) is 3.26. The first-order valence-corrected chi connectivity index (χ1v) is 8.42. The summed E-state index contributed by atoms with van der Waals surface area (Å²) in [5.41, 5.74) is 5.65. The minimum absolute atomic E-state index is 0. The molecule has 4 nitrogen and oxygen atoms in total. The molecule has 0 aliphatic rings. The Bertz CT molecular complexity index is 877. The van der Waals surface area contributed by atoms with Crippen LogP contribution in [0.3, 0.4) is 0 Å². The number of aromatic nitrogens is 2. The molecule has 6 heteroatoms. The van der Waals surface area contributed by atoms with Crippen LogP contribution in [0.15, 0.2) is 36.5 Å². The topological polar surface area (TPSA) is 30.3 Å². The van der Waals surface area contributed by atoms with E-state index < -0.39 is 0 Å². The second kappa shape index (κ2) is 8.52. The van der Waals surface area contributed by atoms with Gasteiger partial charge in [-0.1, -0.05) is 0 Å². The van der Waals surface area contributed by atoms with Gasteiger partial charge in [-0.15, -0.1) is 12.4 Å². The fraction of sp³-hybridized carbons (Fsp3) is 0.350. The van der Waals surface area contributed by atoms with Crippen molar-refractivity contribution in [3.8, 4) is 0 Å². The summed E-state index contributed by atoms with van der Waals surface area (Å²) in [4.78, 5) is 6.72. The van der Waals surface area contributed by atoms with E-state index >= 15 is 0 Å². The second-order valence-corrected chi connectivity index (χ2v) is 6.34. The minimum Gasteiger partial charge on any atom is -0.383 e. The number of nitrogens with zero attached hydrogens (tertiary/aromatic N) is 3. The maximum Gasteiger partial charge on any atom is 0.123 e. The molecule has 26 heavy (non-hydrogen) atoms. The molecule has 0 saturated heterocycles. The molecule has 140 valence electrons. The largest absolute Gasteiger partial charge is 0.383 e. The zero-order chi connectivity index (χ0) is 18.0. The number of aryl methyl sites for hydroxylation is 1. The molecular weight excluding hydrogens is 353 g/mol. The second-order valence-electron chi connectivity index (χ2n) is 6.34. The zero-order valence-electron chi connectivity index (χ0n) is 15.6. The van der Waals surface area contributed by atoms with Gasteiger partial charge in [-0.2, -0.15) is 0 Å². The predicted octanol–water partition coefficient (Wildman–Crippen LogP) is 4.50. The average Bonchev–Trinajstić information content (AvgIpc) is 2.86. The van der Waals surface area contributed by atoms with Crippen LogP contribution >= 0.6 is 12.4 Å². The molecule has 3 aromatic rings. The van der Waals surface area contributed by atoms with Gasteiger partial charge in [0.15, 0.2) is 0 Å². The number of methoxy groups -OCH3 is 1. The van der Waals surface area contributed by atoms with Gasteiger partial charge in [0, 0.05) is 43.7 Å². The van der Waals surface area contributed by atoms with Crippen LogP contribution in [-0.2, 0) is 17.8 Å². The van der Waals surface area contributed by atoms with Crippen LogP contribution in [0.5, 0.6) is 0 Å². The van der Waals surface area contributed by atoms with Gasteiger partial charge in [0.2, 0.25) is 0 Å². The van der Waals surface area contributed by atoms with Crippen molar-refractivity contribution >= 4 is 29.0 Å². The maximum atomic E-state index is 13.2. The van der Waals surface area contributed by atoms with E-state index in [2.05, 4.69) is 34.4 Å². The number of benzene rings is 1. The summed E-state index contributed by atoms with van der Waals surface area (Å²) >= 11 is 0. The minimum atomic E-state index is -0.225. The Hall–Kier alpha value is -2.11. The number of halogens is 2. The molecule has 2 heterocycles. The van der Waals surface area contributed by atoms with Crippen molar-refractivity contribution in [3.05, 3.63) is 59.3 Å². The van der Waals surface area contributed by atoms with Gasteiger partial charge < -0.3 is 14.2 Å². The molecule has 0 aliphatic carbocycles. The average molecular weight is 378 g/mol. The van der Waals surface area contributed by atoms with Crippen molar-refractivity contribution in [3.63, 3.8) is 0 Å². The summed E-state index contributed by atoms with van der Waals surface area (Å²) in [6, 6.07) is 8.61. The lowest BCUT2D eigenvalue weighted by Crippen LogP contribution is -2.18. The Morgan fingerprint density at radius 1 is 1.15 bits per heavy atom. The van der Waals surface area contributed by atoms with Gasteiger partial charge in [0.25, 0.3) is 0 Å². The Labute approximate surface area is 160 Å². The first kappa shape index (κ1) is 20.2. The molecule has 2 aromatic heterocycles. The normalized spacial score (nSPS) is 10.8. The Morgan fingerprint density at radius 3 is 2.50 bits per heavy atom. The monoisotopic (exact) mass is 377 g/mol. The number of rotatable bonds is 6. The van der Waals surface area contributed by atoms with Gasteiger partial charge in [0.05, 0.1) is 24.4 Å². The maximum absolute atomic E-state index is 13.2. The third kappa shape index (κ3) is 3.84. The summed E-state index contributed by atoms with van der Waals surface area (Å²) in [7, 11) is 3.71. The fourth-order valence-corrected chi connectivity index (χ4v) is 3.26. The molecule has 0 amide bonds. The van der Waals surface area contributed by atoms with E-state index in [-0.39, 0.29) is 18.2 Å². The predicted molar refractivity (Wildman–Crippen MR) is 107 cm³/mol. The van der Waals surface area contributed by atoms with Crippen LogP contribution in [0.2, 0.25) is 0 Å². The molecule has 0 atom stereocenters. The number of ether oxygens (including phenoxy) is 1. The SMILES string of the molecule is COCCn1c(C)c(C)c2ccnc(CN(C)c3ccc(F)cc3)c21.Cl. The highest BCUT2D eigenvalue weighted by molar-refractivity contribution is 5.87. The van der Waals surface area contributed by atoms with Gasteiger partial charge in [-0.05, 0) is 49.7 Å². The van der Waals surface area contributed by atoms with E-state index in [0.717, 1.165) is 23.4 Å². The zero-order valence-corrected chi connectivity index (χ0v) is 16.4. The molecule has 0 radical (unpaired) electrons. The summed E-state index contributed by atoms with van der Waals surface area (Å²) in [5, 5.41) is 1.23. The smallest absolute Gasteiger partial charge is 0.123 e. The van der Waals surface area contributed by atoms with Crippen LogP contribution in [-0.4, -0.2) is 30.3 Å². The number of pyridine rings is 1. The summed E-state index contributed by atoms with van der Waals surface area (Å²) < 4.78 is 20.7. The van der Waals surface area contributed by atoms with Crippen LogP contribution in [0, 0.1) is 19.7 Å². The highest BCUT2D eigenvalue weighted by Crippen LogP contribution is 2.28. The Balaban J connectivity index is 0.00000243. The highest BCUT2D eigenvalue weighted by Gasteiger charge is 2.16. The lowest BCUT2D eigenvalue weighted by Gasteiger charge is -2.20. The van der Waals surface area contributed by atoms with E-state index in [1.54, 1.807) is 19.2 Å². The molecule has 1 aromatic carbocycles. The van der Waals surface area contributed by atoms with Gasteiger partial charge >= 0.3 is 0 Å². The molecule has 0 aliphatic heterocycles. The molecule has 0 bridgehead atoms. The van der Waals surface area contributed by atoms with Crippen LogP contribution < -0.4 is 4.90 Å². The van der Waals surface area contributed by atoms with Crippen molar-refractivity contribution in [2.24, 2.45) is 0 Å². The van der Waals surface area contributed by atoms with Gasteiger partial charge in [-0.3, -0.25) is 4.98 Å². The molecule has 0 saturated carbocycles. The molecule has 0 unspecified atom stereocenters. The quantitative estimate of drug-likeness (QED) is 0.633. The summed E-state index contributed by atoms with van der Waals surface area (Å²) in [6.07, 6.45) is 1.86. The highest BCUT2D eigenvalue weighted by atomic mass is 35.5. The molecular formula is C20H25ClFN3O. The summed E-state index contributed by atoms with van der Waals surface area (Å²) in [5.74, 6) is -0.225. The van der Waals surface area contributed by atoms with E-state index in [1.165, 1.54) is 28.8 Å². The van der Waals surface area contributed by atoms with Crippen LogP contribution in [0.1, 0.15) is 17.0 Å². The number of hydrogen-bond acceptors (Lipinski definition) is 3. The first-order valence-electron chi connectivity index (χ1n) is 8.42. The van der Waals surface area contributed by atoms with E-state index in [1.807, 2.05) is 13.2 Å². The van der Waals surface area contributed by atoms with E-state index in [4.69, 9.17) is 4.74 Å². The lowest BCUT2D eigenvalue weighted by atomic mass is 10.1. The van der Waals surface area contributed by atoms with Crippen LogP contribution in [0.25, 0.3) is 10.9 Å².